The number of nitrogen functional groups attached to an aromatic ring is 1. The van der Waals surface area contributed by atoms with Gasteiger partial charge in [-0.2, -0.15) is 0 Å². The third-order valence-electron chi connectivity index (χ3n) is 2.07. The van der Waals surface area contributed by atoms with Crippen LogP contribution in [0.15, 0.2) is 0 Å². The largest absolute Gasteiger partial charge is 0.389 e. The number of rotatable bonds is 5. The van der Waals surface area contributed by atoms with Gasteiger partial charge in [-0.3, -0.25) is 0 Å². The fraction of sp³-hybridized carbons (Fsp3) is 0.700. The van der Waals surface area contributed by atoms with Crippen LogP contribution in [0.5, 0.6) is 0 Å². The minimum absolute atomic E-state index is 0.293. The van der Waals surface area contributed by atoms with Crippen molar-refractivity contribution in [3.05, 3.63) is 10.7 Å². The third-order valence-corrected chi connectivity index (χ3v) is 3.03. The Bertz CT molecular complexity index is 286. The number of aromatic nitrogens is 1. The van der Waals surface area contributed by atoms with E-state index in [9.17, 15) is 0 Å². The average molecular weight is 214 g/mol. The lowest BCUT2D eigenvalue weighted by Crippen LogP contribution is -2.04. The van der Waals surface area contributed by atoms with E-state index in [4.69, 9.17) is 10.5 Å². The van der Waals surface area contributed by atoms with E-state index in [0.29, 0.717) is 12.5 Å². The number of methoxy groups -OCH3 is 1. The molecule has 0 fully saturated rings. The molecule has 4 heteroatoms. The Morgan fingerprint density at radius 2 is 2.29 bits per heavy atom. The summed E-state index contributed by atoms with van der Waals surface area (Å²) < 4.78 is 5.09. The predicted octanol–water partition coefficient (Wildman–Crippen LogP) is 2.43. The molecule has 0 aliphatic heterocycles. The van der Waals surface area contributed by atoms with Crippen LogP contribution in [0.1, 0.15) is 36.9 Å². The van der Waals surface area contributed by atoms with Gasteiger partial charge in [0.05, 0.1) is 17.3 Å². The van der Waals surface area contributed by atoms with Crippen LogP contribution in [0.25, 0.3) is 0 Å². The Morgan fingerprint density at radius 1 is 1.57 bits per heavy atom. The maximum Gasteiger partial charge on any atom is 0.110 e. The number of nitrogens with zero attached hydrogens (tertiary/aromatic N) is 1. The number of ether oxygens (including phenoxy) is 1. The van der Waals surface area contributed by atoms with Crippen molar-refractivity contribution in [2.75, 3.05) is 19.5 Å². The molecule has 1 rings (SSSR count). The number of nitrogens with two attached hydrogens (primary N) is 1. The highest BCUT2D eigenvalue weighted by Gasteiger charge is 2.14. The van der Waals surface area contributed by atoms with Gasteiger partial charge in [-0.1, -0.05) is 13.8 Å². The fourth-order valence-electron chi connectivity index (χ4n) is 1.39. The molecule has 0 radical (unpaired) electrons. The van der Waals surface area contributed by atoms with E-state index in [1.165, 1.54) is 0 Å². The van der Waals surface area contributed by atoms with Gasteiger partial charge in [0.1, 0.15) is 5.00 Å². The van der Waals surface area contributed by atoms with Crippen molar-refractivity contribution in [1.29, 1.82) is 0 Å². The molecule has 1 unspecified atom stereocenters. The molecule has 0 bridgehead atoms. The van der Waals surface area contributed by atoms with Crippen LogP contribution >= 0.6 is 11.3 Å². The van der Waals surface area contributed by atoms with Gasteiger partial charge < -0.3 is 10.5 Å². The molecule has 0 spiro atoms. The molecule has 1 aromatic rings. The molecular formula is C10H18N2OS. The van der Waals surface area contributed by atoms with Gasteiger partial charge in [-0.05, 0) is 12.8 Å². The molecule has 14 heavy (non-hydrogen) atoms. The normalized spacial score (nSPS) is 13.1. The second-order valence-corrected chi connectivity index (χ2v) is 4.58. The van der Waals surface area contributed by atoms with Crippen LogP contribution in [0.3, 0.4) is 0 Å². The number of thiazole rings is 1. The predicted molar refractivity (Wildman–Crippen MR) is 60.8 cm³/mol. The summed E-state index contributed by atoms with van der Waals surface area (Å²) in [6.45, 7) is 4.92. The first-order valence-electron chi connectivity index (χ1n) is 4.93. The monoisotopic (exact) mass is 214 g/mol. The van der Waals surface area contributed by atoms with Crippen molar-refractivity contribution in [3.8, 4) is 0 Å². The zero-order chi connectivity index (χ0) is 10.6. The minimum Gasteiger partial charge on any atom is -0.389 e. The van der Waals surface area contributed by atoms with E-state index in [2.05, 4.69) is 18.8 Å². The molecule has 80 valence electrons. The lowest BCUT2D eigenvalue weighted by Gasteiger charge is -2.07. The van der Waals surface area contributed by atoms with Crippen molar-refractivity contribution in [2.45, 2.75) is 32.6 Å². The summed E-state index contributed by atoms with van der Waals surface area (Å²) in [5.74, 6) is 0.293. The first kappa shape index (κ1) is 11.5. The summed E-state index contributed by atoms with van der Waals surface area (Å²) in [5.41, 5.74) is 6.90. The average Bonchev–Trinajstić information content (AvgIpc) is 2.48. The Balaban J connectivity index is 2.75. The first-order valence-corrected chi connectivity index (χ1v) is 5.74. The highest BCUT2D eigenvalue weighted by molar-refractivity contribution is 7.15. The Labute approximate surface area is 89.3 Å². The summed E-state index contributed by atoms with van der Waals surface area (Å²) in [5, 5.41) is 1.99. The van der Waals surface area contributed by atoms with Crippen LogP contribution < -0.4 is 5.73 Å². The molecular weight excluding hydrogens is 196 g/mol. The summed E-state index contributed by atoms with van der Waals surface area (Å²) in [7, 11) is 1.70. The molecule has 0 aromatic carbocycles. The van der Waals surface area contributed by atoms with Gasteiger partial charge in [0.25, 0.3) is 0 Å². The minimum atomic E-state index is 0.293. The molecule has 1 aromatic heterocycles. The van der Waals surface area contributed by atoms with Crippen LogP contribution in [-0.2, 0) is 11.2 Å². The number of hydrogen-bond donors (Lipinski definition) is 1. The van der Waals surface area contributed by atoms with Crippen molar-refractivity contribution < 1.29 is 4.74 Å². The van der Waals surface area contributed by atoms with Gasteiger partial charge in [0, 0.05) is 13.0 Å². The number of aryl methyl sites for hydroxylation is 1. The summed E-state index contributed by atoms with van der Waals surface area (Å²) in [6.07, 6.45) is 2.14. The molecule has 0 aliphatic rings. The number of anilines is 1. The van der Waals surface area contributed by atoms with E-state index in [1.54, 1.807) is 18.4 Å². The van der Waals surface area contributed by atoms with Crippen LogP contribution in [-0.4, -0.2) is 18.7 Å². The standard InChI is InChI=1S/C10H18N2OS/c1-4-5-8-12-9(10(11)14-8)7(2)6-13-3/h7H,4-6,11H2,1-3H3. The highest BCUT2D eigenvalue weighted by atomic mass is 32.1. The Kier molecular flexibility index (Phi) is 4.35. The SMILES string of the molecule is CCCc1nc(C(C)COC)c(N)s1. The lowest BCUT2D eigenvalue weighted by molar-refractivity contribution is 0.183. The second kappa shape index (κ2) is 5.32. The maximum atomic E-state index is 5.90. The van der Waals surface area contributed by atoms with Crippen LogP contribution in [0.4, 0.5) is 5.00 Å². The fourth-order valence-corrected chi connectivity index (χ4v) is 2.45. The molecule has 0 saturated heterocycles. The quantitative estimate of drug-likeness (QED) is 0.819. The van der Waals surface area contributed by atoms with E-state index in [1.807, 2.05) is 0 Å². The summed E-state index contributed by atoms with van der Waals surface area (Å²) in [4.78, 5) is 4.53. The zero-order valence-corrected chi connectivity index (χ0v) is 9.86. The van der Waals surface area contributed by atoms with Crippen molar-refractivity contribution in [1.82, 2.24) is 4.98 Å². The van der Waals surface area contributed by atoms with Gasteiger partial charge in [0.15, 0.2) is 0 Å². The van der Waals surface area contributed by atoms with Gasteiger partial charge in [-0.25, -0.2) is 4.98 Å². The molecule has 0 saturated carbocycles. The molecule has 3 nitrogen and oxygen atoms in total. The topological polar surface area (TPSA) is 48.1 Å². The van der Waals surface area contributed by atoms with Gasteiger partial charge >= 0.3 is 0 Å². The number of hydrogen-bond acceptors (Lipinski definition) is 4. The van der Waals surface area contributed by atoms with E-state index < -0.39 is 0 Å². The maximum absolute atomic E-state index is 5.90. The zero-order valence-electron chi connectivity index (χ0n) is 9.04. The van der Waals surface area contributed by atoms with Crippen molar-refractivity contribution in [3.63, 3.8) is 0 Å². The van der Waals surface area contributed by atoms with E-state index in [0.717, 1.165) is 28.5 Å². The third kappa shape index (κ3) is 2.69. The van der Waals surface area contributed by atoms with E-state index >= 15 is 0 Å². The molecule has 1 heterocycles. The molecule has 0 amide bonds. The van der Waals surface area contributed by atoms with Gasteiger partial charge in [0.2, 0.25) is 0 Å². The summed E-state index contributed by atoms with van der Waals surface area (Å²) >= 11 is 1.60. The smallest absolute Gasteiger partial charge is 0.110 e. The Morgan fingerprint density at radius 3 is 2.86 bits per heavy atom. The molecule has 0 aliphatic carbocycles. The summed E-state index contributed by atoms with van der Waals surface area (Å²) in [6, 6.07) is 0. The lowest BCUT2D eigenvalue weighted by atomic mass is 10.1. The van der Waals surface area contributed by atoms with Crippen LogP contribution in [0, 0.1) is 0 Å². The highest BCUT2D eigenvalue weighted by Crippen LogP contribution is 2.28. The molecule has 1 atom stereocenters. The van der Waals surface area contributed by atoms with E-state index in [-0.39, 0.29) is 0 Å². The van der Waals surface area contributed by atoms with Crippen molar-refractivity contribution >= 4 is 16.3 Å². The van der Waals surface area contributed by atoms with Crippen molar-refractivity contribution in [2.24, 2.45) is 0 Å². The Hall–Kier alpha value is -0.610. The van der Waals surface area contributed by atoms with Gasteiger partial charge in [-0.15, -0.1) is 11.3 Å². The second-order valence-electron chi connectivity index (χ2n) is 3.46. The molecule has 2 N–H and O–H groups in total. The van der Waals surface area contributed by atoms with Crippen LogP contribution in [0.2, 0.25) is 0 Å². The first-order chi connectivity index (χ1) is 6.69.